The van der Waals surface area contributed by atoms with Gasteiger partial charge in [-0.05, 0) is 57.8 Å². The van der Waals surface area contributed by atoms with Crippen molar-refractivity contribution in [3.05, 3.63) is 24.3 Å². The molecule has 0 saturated carbocycles. The fourth-order valence-electron chi connectivity index (χ4n) is 10.6. The summed E-state index contributed by atoms with van der Waals surface area (Å²) in [6.07, 6.45) is 79.2. The molecule has 3 N–H and O–H groups in total. The second-order valence-electron chi connectivity index (χ2n) is 23.2. The summed E-state index contributed by atoms with van der Waals surface area (Å²) < 4.78 is 5.50. The first-order valence-electron chi connectivity index (χ1n) is 33.6. The molecule has 0 heterocycles. The number of aliphatic hydroxyl groups excluding tert-OH is 2. The molecule has 1 amide bonds. The predicted octanol–water partition coefficient (Wildman–Crippen LogP) is 21.4. The fourth-order valence-corrected chi connectivity index (χ4v) is 10.6. The van der Waals surface area contributed by atoms with Gasteiger partial charge in [0.2, 0.25) is 5.91 Å². The first kappa shape index (κ1) is 72.3. The Morgan fingerprint density at radius 1 is 0.378 bits per heavy atom. The number of carbonyl (C=O) groups excluding carboxylic acids is 2. The molecule has 0 aliphatic heterocycles. The Morgan fingerprint density at radius 3 is 1.03 bits per heavy atom. The van der Waals surface area contributed by atoms with Crippen molar-refractivity contribution in [1.29, 1.82) is 0 Å². The molecule has 6 nitrogen and oxygen atoms in total. The Bertz CT molecular complexity index is 1150. The van der Waals surface area contributed by atoms with Crippen LogP contribution in [0.15, 0.2) is 24.3 Å². The Hall–Kier alpha value is -1.66. The van der Waals surface area contributed by atoms with Crippen LogP contribution in [0.25, 0.3) is 0 Å². The molecule has 0 aromatic carbocycles. The first-order valence-corrected chi connectivity index (χ1v) is 33.6. The van der Waals surface area contributed by atoms with Crippen LogP contribution in [0.1, 0.15) is 373 Å². The molecule has 0 aliphatic rings. The van der Waals surface area contributed by atoms with Gasteiger partial charge in [0.05, 0.1) is 25.4 Å². The highest BCUT2D eigenvalue weighted by Crippen LogP contribution is 2.18. The van der Waals surface area contributed by atoms with E-state index in [0.29, 0.717) is 25.9 Å². The van der Waals surface area contributed by atoms with Gasteiger partial charge in [-0.1, -0.05) is 327 Å². The lowest BCUT2D eigenvalue weighted by Gasteiger charge is -2.22. The number of esters is 1. The molecule has 0 fully saturated rings. The quantitative estimate of drug-likeness (QED) is 0.0320. The van der Waals surface area contributed by atoms with E-state index in [-0.39, 0.29) is 18.5 Å². The maximum atomic E-state index is 12.5. The minimum atomic E-state index is -0.671. The number of hydrogen-bond donors (Lipinski definition) is 3. The lowest BCUT2D eigenvalue weighted by molar-refractivity contribution is -0.143. The number of hydrogen-bond acceptors (Lipinski definition) is 5. The van der Waals surface area contributed by atoms with Crippen molar-refractivity contribution in [2.45, 2.75) is 386 Å². The summed E-state index contributed by atoms with van der Waals surface area (Å²) >= 11 is 0. The van der Waals surface area contributed by atoms with Crippen LogP contribution in [-0.4, -0.2) is 47.4 Å². The number of carbonyl (C=O) groups is 2. The lowest BCUT2D eigenvalue weighted by Crippen LogP contribution is -2.45. The number of allylic oxidation sites excluding steroid dienone is 4. The van der Waals surface area contributed by atoms with Gasteiger partial charge < -0.3 is 20.3 Å². The number of ether oxygens (including phenoxy) is 1. The van der Waals surface area contributed by atoms with Crippen LogP contribution < -0.4 is 5.32 Å². The van der Waals surface area contributed by atoms with Crippen LogP contribution in [-0.2, 0) is 14.3 Å². The topological polar surface area (TPSA) is 95.9 Å². The molecular formula is C68H131NO5. The van der Waals surface area contributed by atoms with E-state index in [9.17, 15) is 19.8 Å². The zero-order chi connectivity index (χ0) is 53.6. The van der Waals surface area contributed by atoms with E-state index in [1.807, 2.05) is 0 Å². The Labute approximate surface area is 462 Å². The smallest absolute Gasteiger partial charge is 0.305 e. The van der Waals surface area contributed by atoms with E-state index < -0.39 is 12.1 Å². The highest BCUT2D eigenvalue weighted by molar-refractivity contribution is 5.76. The van der Waals surface area contributed by atoms with Gasteiger partial charge in [-0.3, -0.25) is 9.59 Å². The predicted molar refractivity (Wildman–Crippen MR) is 324 cm³/mol. The molecule has 0 rings (SSSR count). The molecule has 0 spiro atoms. The third kappa shape index (κ3) is 59.6. The van der Waals surface area contributed by atoms with Gasteiger partial charge in [0.25, 0.3) is 0 Å². The zero-order valence-electron chi connectivity index (χ0n) is 50.1. The number of rotatable bonds is 63. The summed E-state index contributed by atoms with van der Waals surface area (Å²) in [4.78, 5) is 24.6. The van der Waals surface area contributed by atoms with Crippen molar-refractivity contribution in [3.8, 4) is 0 Å². The summed E-state index contributed by atoms with van der Waals surface area (Å²) in [5.74, 6) is -0.0306. The number of amides is 1. The number of aliphatic hydroxyl groups is 2. The molecule has 0 aromatic heterocycles. The molecule has 2 atom stereocenters. The van der Waals surface area contributed by atoms with E-state index >= 15 is 0 Å². The van der Waals surface area contributed by atoms with Crippen molar-refractivity contribution in [3.63, 3.8) is 0 Å². The van der Waals surface area contributed by atoms with Crippen LogP contribution in [0.2, 0.25) is 0 Å². The van der Waals surface area contributed by atoms with Gasteiger partial charge in [-0.25, -0.2) is 0 Å². The summed E-state index contributed by atoms with van der Waals surface area (Å²) in [5, 5.41) is 23.3. The summed E-state index contributed by atoms with van der Waals surface area (Å²) in [6.45, 7) is 4.98. The van der Waals surface area contributed by atoms with Crippen LogP contribution in [0.5, 0.6) is 0 Å². The van der Waals surface area contributed by atoms with Crippen molar-refractivity contribution >= 4 is 11.9 Å². The zero-order valence-corrected chi connectivity index (χ0v) is 50.1. The standard InChI is InChI=1S/C68H131NO5/c1-3-5-7-9-11-13-15-17-19-20-26-30-34-38-42-46-50-54-58-62-68(73)74-63-59-55-51-47-43-39-35-31-28-25-23-21-22-24-27-29-33-37-41-45-49-53-57-61-67(72)69-65(64-70)66(71)60-56-52-48-44-40-36-32-18-16-14-12-10-8-6-4-2/h21,23-24,27,65-66,70-71H,3-20,22,25-26,28-64H2,1-2H3,(H,69,72)/b23-21-,27-24-. The van der Waals surface area contributed by atoms with E-state index in [4.69, 9.17) is 4.74 Å². The van der Waals surface area contributed by atoms with Crippen LogP contribution >= 0.6 is 0 Å². The third-order valence-corrected chi connectivity index (χ3v) is 15.8. The van der Waals surface area contributed by atoms with Crippen molar-refractivity contribution in [1.82, 2.24) is 5.32 Å². The average molecular weight is 1040 g/mol. The molecule has 2 unspecified atom stereocenters. The minimum Gasteiger partial charge on any atom is -0.466 e. The van der Waals surface area contributed by atoms with Gasteiger partial charge in [0.15, 0.2) is 0 Å². The third-order valence-electron chi connectivity index (χ3n) is 15.8. The van der Waals surface area contributed by atoms with E-state index in [1.165, 1.54) is 295 Å². The van der Waals surface area contributed by atoms with Crippen molar-refractivity contribution in [2.24, 2.45) is 0 Å². The lowest BCUT2D eigenvalue weighted by atomic mass is 10.0. The summed E-state index contributed by atoms with van der Waals surface area (Å²) in [6, 6.07) is -0.549. The fraction of sp³-hybridized carbons (Fsp3) is 0.912. The number of nitrogens with one attached hydrogen (secondary N) is 1. The maximum Gasteiger partial charge on any atom is 0.305 e. The van der Waals surface area contributed by atoms with Gasteiger partial charge in [0, 0.05) is 12.8 Å². The molecule has 0 saturated heterocycles. The van der Waals surface area contributed by atoms with Crippen LogP contribution in [0, 0.1) is 0 Å². The monoisotopic (exact) mass is 1040 g/mol. The van der Waals surface area contributed by atoms with Gasteiger partial charge in [0.1, 0.15) is 0 Å². The maximum absolute atomic E-state index is 12.5. The second-order valence-corrected chi connectivity index (χ2v) is 23.2. The molecule has 438 valence electrons. The van der Waals surface area contributed by atoms with Crippen molar-refractivity contribution < 1.29 is 24.5 Å². The molecule has 74 heavy (non-hydrogen) atoms. The van der Waals surface area contributed by atoms with Gasteiger partial charge in [-0.15, -0.1) is 0 Å². The van der Waals surface area contributed by atoms with Gasteiger partial charge in [-0.2, -0.15) is 0 Å². The van der Waals surface area contributed by atoms with E-state index in [1.54, 1.807) is 0 Å². The highest BCUT2D eigenvalue weighted by atomic mass is 16.5. The average Bonchev–Trinajstić information content (AvgIpc) is 3.40. The Balaban J connectivity index is 3.41. The highest BCUT2D eigenvalue weighted by Gasteiger charge is 2.20. The SMILES string of the molecule is CCCCCCCCCCCCCCCCCCCCCC(=O)OCCCCCCCCCCC/C=C\C/C=C\CCCCCCCCCC(=O)NC(CO)C(O)CCCCCCCCCCCCCCCCC. The summed E-state index contributed by atoms with van der Waals surface area (Å²) in [7, 11) is 0. The van der Waals surface area contributed by atoms with Crippen LogP contribution in [0.4, 0.5) is 0 Å². The molecule has 0 bridgehead atoms. The molecule has 0 aromatic rings. The molecular weight excluding hydrogens is 911 g/mol. The van der Waals surface area contributed by atoms with Gasteiger partial charge >= 0.3 is 5.97 Å². The van der Waals surface area contributed by atoms with E-state index in [2.05, 4.69) is 43.5 Å². The molecule has 6 heteroatoms. The summed E-state index contributed by atoms with van der Waals surface area (Å²) in [5.41, 5.74) is 0. The Morgan fingerprint density at radius 2 is 0.676 bits per heavy atom. The largest absolute Gasteiger partial charge is 0.466 e. The van der Waals surface area contributed by atoms with E-state index in [0.717, 1.165) is 44.9 Å². The minimum absolute atomic E-state index is 0.0125. The first-order chi connectivity index (χ1) is 36.5. The molecule has 0 aliphatic carbocycles. The normalized spacial score (nSPS) is 12.6. The number of unbranched alkanes of at least 4 members (excludes halogenated alkanes) is 48. The molecule has 0 radical (unpaired) electrons. The van der Waals surface area contributed by atoms with Crippen LogP contribution in [0.3, 0.4) is 0 Å². The second kappa shape index (κ2) is 63.9. The Kier molecular flexibility index (Phi) is 62.4. The van der Waals surface area contributed by atoms with Crippen molar-refractivity contribution in [2.75, 3.05) is 13.2 Å².